The summed E-state index contributed by atoms with van der Waals surface area (Å²) in [5, 5.41) is 0. The van der Waals surface area contributed by atoms with Gasteiger partial charge >= 0.3 is 0 Å². The molecule has 0 aliphatic carbocycles. The van der Waals surface area contributed by atoms with Gasteiger partial charge in [0, 0.05) is 0 Å². The smallest absolute Gasteiger partial charge is 0.0904 e. The quantitative estimate of drug-likeness (QED) is 0.462. The summed E-state index contributed by atoms with van der Waals surface area (Å²) >= 11 is 0. The maximum atomic E-state index is 5.32. The van der Waals surface area contributed by atoms with E-state index >= 15 is 0 Å². The summed E-state index contributed by atoms with van der Waals surface area (Å²) in [6.07, 6.45) is 2.50. The van der Waals surface area contributed by atoms with Gasteiger partial charge in [-0.3, -0.25) is 0 Å². The first-order chi connectivity index (χ1) is 6.41. The van der Waals surface area contributed by atoms with Gasteiger partial charge < -0.3 is 0 Å². The Balaban J connectivity index is 3.50. The fraction of sp³-hybridized carbons (Fsp3) is 1.00. The lowest BCUT2D eigenvalue weighted by atomic mass is 10.1. The van der Waals surface area contributed by atoms with Crippen LogP contribution in [0, 0.1) is 11.8 Å². The lowest BCUT2D eigenvalue weighted by Gasteiger charge is -2.18. The number of hydrogen-bond acceptors (Lipinski definition) is 2. The molecule has 0 aromatic heterocycles. The van der Waals surface area contributed by atoms with Crippen molar-refractivity contribution in [2.75, 3.05) is 0 Å². The molecular weight excluding hydrogens is 176 g/mol. The van der Waals surface area contributed by atoms with Crippen LogP contribution in [0.2, 0.25) is 0 Å². The molecule has 0 aliphatic heterocycles. The molecular formula is C12H26O2. The average Bonchev–Trinajstić information content (AvgIpc) is 1.98. The van der Waals surface area contributed by atoms with Crippen molar-refractivity contribution in [2.45, 2.75) is 66.6 Å². The van der Waals surface area contributed by atoms with Gasteiger partial charge in [-0.15, -0.1) is 0 Å². The van der Waals surface area contributed by atoms with Crippen LogP contribution in [-0.2, 0) is 9.78 Å². The Morgan fingerprint density at radius 3 is 1.14 bits per heavy atom. The van der Waals surface area contributed by atoms with Gasteiger partial charge in [0.1, 0.15) is 0 Å². The highest BCUT2D eigenvalue weighted by Gasteiger charge is 2.10. The van der Waals surface area contributed by atoms with Crippen molar-refractivity contribution in [3.05, 3.63) is 0 Å². The molecule has 14 heavy (non-hydrogen) atoms. The van der Waals surface area contributed by atoms with Gasteiger partial charge in [-0.1, -0.05) is 27.7 Å². The third-order valence-electron chi connectivity index (χ3n) is 1.99. The Kier molecular flexibility index (Phi) is 7.20. The zero-order chi connectivity index (χ0) is 11.1. The van der Waals surface area contributed by atoms with Crippen LogP contribution in [-0.4, -0.2) is 12.2 Å². The van der Waals surface area contributed by atoms with Crippen molar-refractivity contribution in [1.82, 2.24) is 0 Å². The van der Waals surface area contributed by atoms with E-state index in [1.54, 1.807) is 0 Å². The van der Waals surface area contributed by atoms with E-state index in [0.717, 1.165) is 12.8 Å². The first-order valence-electron chi connectivity index (χ1n) is 5.74. The lowest BCUT2D eigenvalue weighted by Crippen LogP contribution is -2.18. The molecule has 0 rings (SSSR count). The summed E-state index contributed by atoms with van der Waals surface area (Å²) in [6, 6.07) is 0. The van der Waals surface area contributed by atoms with E-state index in [0.29, 0.717) is 11.8 Å². The zero-order valence-corrected chi connectivity index (χ0v) is 10.5. The molecule has 2 nitrogen and oxygen atoms in total. The van der Waals surface area contributed by atoms with E-state index in [9.17, 15) is 0 Å². The minimum absolute atomic E-state index is 0.199. The van der Waals surface area contributed by atoms with E-state index in [2.05, 4.69) is 41.5 Å². The van der Waals surface area contributed by atoms with Crippen LogP contribution in [0.25, 0.3) is 0 Å². The molecule has 0 heterocycles. The Labute approximate surface area is 88.9 Å². The maximum Gasteiger partial charge on any atom is 0.0904 e. The van der Waals surface area contributed by atoms with Gasteiger partial charge in [-0.2, -0.15) is 0 Å². The van der Waals surface area contributed by atoms with Gasteiger partial charge in [0.25, 0.3) is 0 Å². The van der Waals surface area contributed by atoms with Crippen molar-refractivity contribution in [3.8, 4) is 0 Å². The van der Waals surface area contributed by atoms with E-state index < -0.39 is 0 Å². The minimum Gasteiger partial charge on any atom is -0.233 e. The van der Waals surface area contributed by atoms with Gasteiger partial charge in [0.15, 0.2) is 0 Å². The average molecular weight is 202 g/mol. The van der Waals surface area contributed by atoms with Crippen molar-refractivity contribution in [1.29, 1.82) is 0 Å². The topological polar surface area (TPSA) is 18.5 Å². The normalized spacial score (nSPS) is 16.3. The van der Waals surface area contributed by atoms with E-state index in [4.69, 9.17) is 9.78 Å². The molecule has 0 amide bonds. The maximum absolute atomic E-state index is 5.32. The Morgan fingerprint density at radius 2 is 0.929 bits per heavy atom. The second kappa shape index (κ2) is 7.24. The standard InChI is InChI=1S/C12H26O2/c1-9(2)7-11(5)13-14-12(6)8-10(3)4/h9-12H,7-8H2,1-6H3. The molecule has 0 aromatic carbocycles. The minimum atomic E-state index is 0.199. The molecule has 0 aliphatic rings. The summed E-state index contributed by atoms with van der Waals surface area (Å²) in [5.41, 5.74) is 0. The Hall–Kier alpha value is -0.0800. The molecule has 2 unspecified atom stereocenters. The highest BCUT2D eigenvalue weighted by Crippen LogP contribution is 2.12. The monoisotopic (exact) mass is 202 g/mol. The van der Waals surface area contributed by atoms with Crippen molar-refractivity contribution in [2.24, 2.45) is 11.8 Å². The third kappa shape index (κ3) is 8.52. The summed E-state index contributed by atoms with van der Waals surface area (Å²) in [7, 11) is 0. The van der Waals surface area contributed by atoms with Crippen LogP contribution in [0.5, 0.6) is 0 Å². The fourth-order valence-corrected chi connectivity index (χ4v) is 1.60. The van der Waals surface area contributed by atoms with Crippen LogP contribution >= 0.6 is 0 Å². The molecule has 0 bridgehead atoms. The first kappa shape index (κ1) is 13.9. The summed E-state index contributed by atoms with van der Waals surface area (Å²) in [6.45, 7) is 12.9. The lowest BCUT2D eigenvalue weighted by molar-refractivity contribution is -0.348. The molecule has 0 spiro atoms. The van der Waals surface area contributed by atoms with E-state index in [1.165, 1.54) is 0 Å². The van der Waals surface area contributed by atoms with Crippen LogP contribution in [0.1, 0.15) is 54.4 Å². The SMILES string of the molecule is CC(C)CC(C)OOC(C)CC(C)C. The predicted molar refractivity (Wildman–Crippen MR) is 60.0 cm³/mol. The van der Waals surface area contributed by atoms with Crippen LogP contribution in [0.4, 0.5) is 0 Å². The summed E-state index contributed by atoms with van der Waals surface area (Å²) < 4.78 is 0. The second-order valence-electron chi connectivity index (χ2n) is 5.07. The van der Waals surface area contributed by atoms with Gasteiger partial charge in [0.2, 0.25) is 0 Å². The fourth-order valence-electron chi connectivity index (χ4n) is 1.60. The largest absolute Gasteiger partial charge is 0.233 e. The summed E-state index contributed by atoms with van der Waals surface area (Å²) in [5.74, 6) is 1.32. The van der Waals surface area contributed by atoms with Gasteiger partial charge in [-0.25, -0.2) is 9.78 Å². The molecule has 0 fully saturated rings. The number of hydrogen-bond donors (Lipinski definition) is 0. The Morgan fingerprint density at radius 1 is 0.643 bits per heavy atom. The zero-order valence-electron chi connectivity index (χ0n) is 10.5. The van der Waals surface area contributed by atoms with Gasteiger partial charge in [-0.05, 0) is 38.5 Å². The van der Waals surface area contributed by atoms with Gasteiger partial charge in [0.05, 0.1) is 12.2 Å². The molecule has 2 heteroatoms. The molecule has 0 aromatic rings. The molecule has 86 valence electrons. The second-order valence-corrected chi connectivity index (χ2v) is 5.07. The van der Waals surface area contributed by atoms with Crippen LogP contribution < -0.4 is 0 Å². The predicted octanol–water partition coefficient (Wildman–Crippen LogP) is 3.80. The number of rotatable bonds is 7. The van der Waals surface area contributed by atoms with Crippen molar-refractivity contribution < 1.29 is 9.78 Å². The molecule has 0 saturated carbocycles. The third-order valence-corrected chi connectivity index (χ3v) is 1.99. The van der Waals surface area contributed by atoms with Crippen LogP contribution in [0.15, 0.2) is 0 Å². The molecule has 0 saturated heterocycles. The van der Waals surface area contributed by atoms with Crippen molar-refractivity contribution in [3.63, 3.8) is 0 Å². The first-order valence-corrected chi connectivity index (χ1v) is 5.74. The Bertz CT molecular complexity index is 116. The highest BCUT2D eigenvalue weighted by atomic mass is 17.2. The highest BCUT2D eigenvalue weighted by molar-refractivity contribution is 4.54. The molecule has 0 radical (unpaired) electrons. The summed E-state index contributed by atoms with van der Waals surface area (Å²) in [4.78, 5) is 10.6. The van der Waals surface area contributed by atoms with E-state index in [1.807, 2.05) is 0 Å². The van der Waals surface area contributed by atoms with Crippen LogP contribution in [0.3, 0.4) is 0 Å². The molecule has 0 N–H and O–H groups in total. The molecule has 2 atom stereocenters. The van der Waals surface area contributed by atoms with E-state index in [-0.39, 0.29) is 12.2 Å². The van der Waals surface area contributed by atoms with Crippen molar-refractivity contribution >= 4 is 0 Å².